The van der Waals surface area contributed by atoms with Gasteiger partial charge in [-0.05, 0) is 37.2 Å². The Morgan fingerprint density at radius 1 is 1.16 bits per heavy atom. The second kappa shape index (κ2) is 5.89. The van der Waals surface area contributed by atoms with Gasteiger partial charge in [0.05, 0.1) is 6.04 Å². The van der Waals surface area contributed by atoms with Crippen molar-refractivity contribution in [2.75, 3.05) is 6.54 Å². The van der Waals surface area contributed by atoms with Crippen LogP contribution in [0.5, 0.6) is 0 Å². The van der Waals surface area contributed by atoms with Crippen molar-refractivity contribution in [2.24, 2.45) is 0 Å². The molecule has 0 saturated carbocycles. The van der Waals surface area contributed by atoms with Gasteiger partial charge >= 0.3 is 0 Å². The first-order chi connectivity index (χ1) is 9.13. The van der Waals surface area contributed by atoms with Crippen molar-refractivity contribution in [3.63, 3.8) is 0 Å². The van der Waals surface area contributed by atoms with Crippen LogP contribution in [0.4, 0.5) is 8.78 Å². The Kier molecular flexibility index (Phi) is 4.22. The lowest BCUT2D eigenvalue weighted by Crippen LogP contribution is -2.24. The molecule has 2 rings (SSSR count). The summed E-state index contributed by atoms with van der Waals surface area (Å²) >= 11 is 0. The molecule has 0 aliphatic carbocycles. The van der Waals surface area contributed by atoms with Gasteiger partial charge in [-0.3, -0.25) is 4.98 Å². The highest BCUT2D eigenvalue weighted by Gasteiger charge is 2.21. The number of halogens is 2. The molecule has 1 aromatic heterocycles. The Morgan fingerprint density at radius 2 is 1.84 bits per heavy atom. The molecule has 0 saturated heterocycles. The van der Waals surface area contributed by atoms with Gasteiger partial charge in [-0.2, -0.15) is 0 Å². The third kappa shape index (κ3) is 2.96. The second-order valence-corrected chi connectivity index (χ2v) is 4.36. The number of benzene rings is 1. The molecule has 0 radical (unpaired) electrons. The molecule has 0 aliphatic heterocycles. The number of nitrogens with one attached hydrogen (secondary N) is 1. The molecule has 0 amide bonds. The van der Waals surface area contributed by atoms with E-state index in [4.69, 9.17) is 0 Å². The Hall–Kier alpha value is -1.81. The van der Waals surface area contributed by atoms with Gasteiger partial charge in [-0.1, -0.05) is 19.1 Å². The normalized spacial score (nSPS) is 12.4. The van der Waals surface area contributed by atoms with Gasteiger partial charge in [-0.25, -0.2) is 8.78 Å². The molecule has 0 fully saturated rings. The predicted molar refractivity (Wildman–Crippen MR) is 70.9 cm³/mol. The van der Waals surface area contributed by atoms with E-state index in [9.17, 15) is 8.78 Å². The maximum Gasteiger partial charge on any atom is 0.131 e. The van der Waals surface area contributed by atoms with E-state index in [-0.39, 0.29) is 5.56 Å². The van der Waals surface area contributed by atoms with Crippen molar-refractivity contribution in [3.8, 4) is 0 Å². The van der Waals surface area contributed by atoms with Crippen LogP contribution < -0.4 is 5.32 Å². The lowest BCUT2D eigenvalue weighted by atomic mass is 9.98. The largest absolute Gasteiger partial charge is 0.306 e. The van der Waals surface area contributed by atoms with E-state index in [2.05, 4.69) is 10.3 Å². The molecule has 0 bridgehead atoms. The minimum atomic E-state index is -0.550. The lowest BCUT2D eigenvalue weighted by Gasteiger charge is -2.20. The van der Waals surface area contributed by atoms with Gasteiger partial charge < -0.3 is 5.32 Å². The molecule has 1 unspecified atom stereocenters. The van der Waals surface area contributed by atoms with Crippen molar-refractivity contribution in [3.05, 3.63) is 65.0 Å². The maximum atomic E-state index is 13.9. The van der Waals surface area contributed by atoms with Crippen LogP contribution in [0.2, 0.25) is 0 Å². The van der Waals surface area contributed by atoms with Crippen molar-refractivity contribution in [1.82, 2.24) is 10.3 Å². The Bertz CT molecular complexity index is 532. The average molecular weight is 262 g/mol. The van der Waals surface area contributed by atoms with E-state index in [0.717, 1.165) is 11.3 Å². The van der Waals surface area contributed by atoms with Crippen LogP contribution in [0, 0.1) is 18.6 Å². The Labute approximate surface area is 111 Å². The number of aryl methyl sites for hydroxylation is 1. The van der Waals surface area contributed by atoms with Crippen molar-refractivity contribution in [1.29, 1.82) is 0 Å². The topological polar surface area (TPSA) is 24.9 Å². The monoisotopic (exact) mass is 262 g/mol. The number of pyridine rings is 1. The smallest absolute Gasteiger partial charge is 0.131 e. The first-order valence-corrected chi connectivity index (χ1v) is 6.23. The van der Waals surface area contributed by atoms with Gasteiger partial charge in [-0.15, -0.1) is 0 Å². The summed E-state index contributed by atoms with van der Waals surface area (Å²) in [4.78, 5) is 4.18. The summed E-state index contributed by atoms with van der Waals surface area (Å²) in [6, 6.07) is 7.04. The van der Waals surface area contributed by atoms with Crippen LogP contribution >= 0.6 is 0 Å². The molecule has 1 heterocycles. The molecular weight excluding hydrogens is 246 g/mol. The fourth-order valence-electron chi connectivity index (χ4n) is 2.03. The highest BCUT2D eigenvalue weighted by molar-refractivity contribution is 5.32. The van der Waals surface area contributed by atoms with E-state index in [0.29, 0.717) is 6.54 Å². The van der Waals surface area contributed by atoms with Gasteiger partial charge in [0.1, 0.15) is 11.6 Å². The molecule has 0 spiro atoms. The van der Waals surface area contributed by atoms with Crippen LogP contribution in [0.15, 0.2) is 36.5 Å². The minimum absolute atomic E-state index is 0.0370. The Morgan fingerprint density at radius 3 is 2.37 bits per heavy atom. The number of nitrogens with zero attached hydrogens (tertiary/aromatic N) is 1. The fraction of sp³-hybridized carbons (Fsp3) is 0.267. The molecule has 0 aliphatic rings. The summed E-state index contributed by atoms with van der Waals surface area (Å²) in [6.07, 6.45) is 1.65. The van der Waals surface area contributed by atoms with E-state index >= 15 is 0 Å². The summed E-state index contributed by atoms with van der Waals surface area (Å²) in [7, 11) is 0. The predicted octanol–water partition coefficient (Wildman–Crippen LogP) is 3.37. The third-order valence-electron chi connectivity index (χ3n) is 2.96. The summed E-state index contributed by atoms with van der Waals surface area (Å²) in [5.41, 5.74) is 1.65. The number of rotatable bonds is 4. The average Bonchev–Trinajstić information content (AvgIpc) is 2.38. The standard InChI is InChI=1S/C15H16F2N2/c1-3-18-15(11-8-7-10(2)19-9-11)14-12(16)5-4-6-13(14)17/h4-9,15,18H,3H2,1-2H3. The van der Waals surface area contributed by atoms with Gasteiger partial charge in [0.2, 0.25) is 0 Å². The van der Waals surface area contributed by atoms with Gasteiger partial charge in [0.25, 0.3) is 0 Å². The molecule has 4 heteroatoms. The summed E-state index contributed by atoms with van der Waals surface area (Å²) in [5, 5.41) is 3.10. The van der Waals surface area contributed by atoms with Crippen LogP contribution in [-0.4, -0.2) is 11.5 Å². The molecule has 1 N–H and O–H groups in total. The lowest BCUT2D eigenvalue weighted by molar-refractivity contribution is 0.509. The minimum Gasteiger partial charge on any atom is -0.306 e. The summed E-state index contributed by atoms with van der Waals surface area (Å²) in [5.74, 6) is -1.10. The first-order valence-electron chi connectivity index (χ1n) is 6.23. The van der Waals surface area contributed by atoms with E-state index in [1.54, 1.807) is 6.20 Å². The van der Waals surface area contributed by atoms with E-state index < -0.39 is 17.7 Å². The highest BCUT2D eigenvalue weighted by atomic mass is 19.1. The summed E-state index contributed by atoms with van der Waals surface area (Å²) in [6.45, 7) is 4.37. The van der Waals surface area contributed by atoms with Gasteiger partial charge in [0, 0.05) is 17.5 Å². The molecule has 1 atom stereocenters. The molecule has 100 valence electrons. The SMILES string of the molecule is CCNC(c1ccc(C)nc1)c1c(F)cccc1F. The van der Waals surface area contributed by atoms with Crippen LogP contribution in [0.3, 0.4) is 0 Å². The highest BCUT2D eigenvalue weighted by Crippen LogP contribution is 2.26. The van der Waals surface area contributed by atoms with E-state index in [1.807, 2.05) is 26.0 Å². The van der Waals surface area contributed by atoms with E-state index in [1.165, 1.54) is 18.2 Å². The van der Waals surface area contributed by atoms with Crippen LogP contribution in [-0.2, 0) is 0 Å². The number of hydrogen-bond acceptors (Lipinski definition) is 2. The van der Waals surface area contributed by atoms with Gasteiger partial charge in [0.15, 0.2) is 0 Å². The molecule has 2 aromatic rings. The summed E-state index contributed by atoms with van der Waals surface area (Å²) < 4.78 is 27.8. The zero-order valence-corrected chi connectivity index (χ0v) is 11.0. The molecule has 19 heavy (non-hydrogen) atoms. The maximum absolute atomic E-state index is 13.9. The fourth-order valence-corrected chi connectivity index (χ4v) is 2.03. The molecule has 1 aromatic carbocycles. The Balaban J connectivity index is 2.48. The number of aromatic nitrogens is 1. The molecular formula is C15H16F2N2. The second-order valence-electron chi connectivity index (χ2n) is 4.36. The molecule has 2 nitrogen and oxygen atoms in total. The van der Waals surface area contributed by atoms with Crippen LogP contribution in [0.25, 0.3) is 0 Å². The third-order valence-corrected chi connectivity index (χ3v) is 2.96. The zero-order valence-electron chi connectivity index (χ0n) is 11.0. The van der Waals surface area contributed by atoms with Crippen LogP contribution in [0.1, 0.15) is 29.8 Å². The first kappa shape index (κ1) is 13.6. The van der Waals surface area contributed by atoms with Crippen molar-refractivity contribution < 1.29 is 8.78 Å². The zero-order chi connectivity index (χ0) is 13.8. The van der Waals surface area contributed by atoms with Crippen molar-refractivity contribution >= 4 is 0 Å². The number of hydrogen-bond donors (Lipinski definition) is 1. The quantitative estimate of drug-likeness (QED) is 0.913. The van der Waals surface area contributed by atoms with Crippen molar-refractivity contribution in [2.45, 2.75) is 19.9 Å².